The van der Waals surface area contributed by atoms with Crippen molar-refractivity contribution in [2.24, 2.45) is 0 Å². The number of ether oxygens (including phenoxy) is 1. The van der Waals surface area contributed by atoms with Gasteiger partial charge >= 0.3 is 5.97 Å². The third-order valence-electron chi connectivity index (χ3n) is 5.17. The van der Waals surface area contributed by atoms with Gasteiger partial charge in [-0.15, -0.1) is 6.42 Å². The van der Waals surface area contributed by atoms with Gasteiger partial charge < -0.3 is 4.74 Å². The number of halogens is 2. The molecule has 0 amide bonds. The minimum absolute atomic E-state index is 0.184. The fourth-order valence-corrected chi connectivity index (χ4v) is 5.76. The van der Waals surface area contributed by atoms with Crippen molar-refractivity contribution < 1.29 is 18.3 Å². The second kappa shape index (κ2) is 7.98. The fraction of sp³-hybridized carbons (Fsp3) is 0.115. The van der Waals surface area contributed by atoms with Gasteiger partial charge in [-0.05, 0) is 43.3 Å². The Morgan fingerprint density at radius 3 is 2.52 bits per heavy atom. The van der Waals surface area contributed by atoms with Crippen LogP contribution in [0.4, 0.5) is 8.78 Å². The summed E-state index contributed by atoms with van der Waals surface area (Å²) in [6.07, 6.45) is 5.60. The Hall–Kier alpha value is -3.49. The van der Waals surface area contributed by atoms with Crippen molar-refractivity contribution in [3.05, 3.63) is 100 Å². The lowest BCUT2D eigenvalue weighted by Crippen LogP contribution is -2.27. The van der Waals surface area contributed by atoms with Crippen LogP contribution in [0.2, 0.25) is 0 Å². The van der Waals surface area contributed by atoms with Crippen LogP contribution in [0.15, 0.2) is 72.8 Å². The van der Waals surface area contributed by atoms with Crippen molar-refractivity contribution in [2.45, 2.75) is 19.4 Å². The maximum atomic E-state index is 13.7. The number of terminal acetylenes is 1. The van der Waals surface area contributed by atoms with Crippen LogP contribution in [0.25, 0.3) is 15.0 Å². The molecule has 0 saturated carbocycles. The second-order valence-electron chi connectivity index (χ2n) is 7.32. The number of esters is 1. The molecule has 0 saturated heterocycles. The van der Waals surface area contributed by atoms with E-state index in [0.29, 0.717) is 5.56 Å². The zero-order valence-corrected chi connectivity index (χ0v) is 17.8. The molecule has 3 aromatic carbocycles. The minimum Gasteiger partial charge on any atom is -0.438 e. The van der Waals surface area contributed by atoms with E-state index in [1.165, 1.54) is 28.0 Å². The molecule has 0 aliphatic carbocycles. The Bertz CT molecular complexity index is 1350. The highest BCUT2D eigenvalue weighted by atomic mass is 32.2. The third kappa shape index (κ3) is 3.83. The molecule has 0 radical (unpaired) electrons. The van der Waals surface area contributed by atoms with E-state index in [2.05, 4.69) is 31.0 Å². The highest BCUT2D eigenvalue weighted by Crippen LogP contribution is 2.43. The molecule has 5 heteroatoms. The number of hydrogen-bond acceptors (Lipinski definition) is 2. The van der Waals surface area contributed by atoms with Crippen LogP contribution in [-0.4, -0.2) is 5.97 Å². The van der Waals surface area contributed by atoms with E-state index in [0.717, 1.165) is 17.0 Å². The number of carbonyl (C=O) groups is 1. The Kier molecular flexibility index (Phi) is 5.34. The van der Waals surface area contributed by atoms with Crippen LogP contribution in [0, 0.1) is 30.9 Å². The molecule has 31 heavy (non-hydrogen) atoms. The van der Waals surface area contributed by atoms with Crippen molar-refractivity contribution >= 4 is 26.5 Å². The van der Waals surface area contributed by atoms with Crippen LogP contribution in [0.5, 0.6) is 0 Å². The predicted octanol–water partition coefficient (Wildman–Crippen LogP) is 6.87. The van der Waals surface area contributed by atoms with E-state index in [4.69, 9.17) is 11.2 Å². The fourth-order valence-electron chi connectivity index (χ4n) is 3.51. The summed E-state index contributed by atoms with van der Waals surface area (Å²) in [7, 11) is -0.282. The molecule has 4 rings (SSSR count). The molecule has 0 spiro atoms. The maximum absolute atomic E-state index is 13.7. The van der Waals surface area contributed by atoms with Crippen LogP contribution in [-0.2, 0) is 10.3 Å². The smallest absolute Gasteiger partial charge is 0.340 e. The van der Waals surface area contributed by atoms with E-state index in [1.54, 1.807) is 18.2 Å². The average molecular weight is 433 g/mol. The monoisotopic (exact) mass is 433 g/mol. The molecule has 154 valence electrons. The van der Waals surface area contributed by atoms with Crippen LogP contribution >= 0.6 is 10.5 Å². The number of aryl methyl sites for hydroxylation is 1. The molecule has 0 aliphatic rings. The Labute approximate surface area is 182 Å². The van der Waals surface area contributed by atoms with Crippen molar-refractivity contribution in [3.63, 3.8) is 0 Å². The van der Waals surface area contributed by atoms with Gasteiger partial charge in [0.1, 0.15) is 0 Å². The molecular formula is C26H19F2O2S+. The van der Waals surface area contributed by atoms with Gasteiger partial charge in [-0.2, -0.15) is 0 Å². The normalized spacial score (nSPS) is 13.5. The molecule has 0 fully saturated rings. The zero-order chi connectivity index (χ0) is 22.2. The predicted molar refractivity (Wildman–Crippen MR) is 120 cm³/mol. The average Bonchev–Trinajstić information content (AvgIpc) is 3.11. The number of thiophene rings is 1. The Morgan fingerprint density at radius 2 is 1.77 bits per heavy atom. The van der Waals surface area contributed by atoms with Gasteiger partial charge in [-0.3, -0.25) is 0 Å². The van der Waals surface area contributed by atoms with Crippen molar-refractivity contribution in [2.75, 3.05) is 0 Å². The molecule has 2 nitrogen and oxygen atoms in total. The van der Waals surface area contributed by atoms with E-state index >= 15 is 0 Å². The Morgan fingerprint density at radius 1 is 1.00 bits per heavy atom. The number of carbonyl (C=O) groups excluding carboxylic acids is 1. The first-order chi connectivity index (χ1) is 14.8. The number of benzene rings is 3. The summed E-state index contributed by atoms with van der Waals surface area (Å²) in [6, 6.07) is 20.8. The van der Waals surface area contributed by atoms with Gasteiger partial charge in [0.2, 0.25) is 0 Å². The lowest BCUT2D eigenvalue weighted by atomic mass is 9.96. The molecule has 2 unspecified atom stereocenters. The van der Waals surface area contributed by atoms with Gasteiger partial charge in [0.15, 0.2) is 31.7 Å². The molecule has 0 aliphatic heterocycles. The summed E-state index contributed by atoms with van der Waals surface area (Å²) in [5.74, 6) is -0.294. The SMILES string of the molecule is C#CC(C)(OC(=O)c1cccc(-[s+]2c(C)cc3ccccc32)c1)c1ccc(F)c(F)c1. The van der Waals surface area contributed by atoms with E-state index in [1.807, 2.05) is 18.2 Å². The van der Waals surface area contributed by atoms with Gasteiger partial charge in [0.25, 0.3) is 0 Å². The van der Waals surface area contributed by atoms with Crippen LogP contribution in [0.1, 0.15) is 27.7 Å². The largest absolute Gasteiger partial charge is 0.438 e. The number of hydrogen-bond donors (Lipinski definition) is 0. The Balaban J connectivity index is 1.69. The topological polar surface area (TPSA) is 26.3 Å². The van der Waals surface area contributed by atoms with Gasteiger partial charge in [0.05, 0.1) is 5.56 Å². The molecule has 0 N–H and O–H groups in total. The van der Waals surface area contributed by atoms with Gasteiger partial charge in [-0.1, -0.05) is 30.2 Å². The van der Waals surface area contributed by atoms with E-state index in [-0.39, 0.29) is 16.0 Å². The summed E-state index contributed by atoms with van der Waals surface area (Å²) in [4.78, 5) is 15.1. The molecular weight excluding hydrogens is 414 g/mol. The molecule has 1 aromatic heterocycles. The number of fused-ring (bicyclic) bond motifs is 1. The van der Waals surface area contributed by atoms with E-state index in [9.17, 15) is 13.6 Å². The molecule has 4 aromatic rings. The van der Waals surface area contributed by atoms with Crippen LogP contribution in [0.3, 0.4) is 0 Å². The van der Waals surface area contributed by atoms with Crippen molar-refractivity contribution in [1.29, 1.82) is 0 Å². The maximum Gasteiger partial charge on any atom is 0.340 e. The summed E-state index contributed by atoms with van der Waals surface area (Å²) in [5.41, 5.74) is -1.02. The standard InChI is InChI=1S/C26H19F2O2S/c1-4-26(3,20-12-13-22(27)23(28)16-20)30-25(29)19-9-7-10-21(15-19)31-17(2)14-18-8-5-6-11-24(18)31/h1,5-16H,2-3H3/q+1. The molecule has 1 heterocycles. The summed E-state index contributed by atoms with van der Waals surface area (Å²) < 4.78 is 33.8. The summed E-state index contributed by atoms with van der Waals surface area (Å²) in [6.45, 7) is 3.55. The highest BCUT2D eigenvalue weighted by Gasteiger charge is 2.31. The number of rotatable bonds is 4. The molecule has 0 bridgehead atoms. The second-order valence-corrected chi connectivity index (χ2v) is 9.49. The summed E-state index contributed by atoms with van der Waals surface area (Å²) in [5, 5.41) is 1.18. The third-order valence-corrected chi connectivity index (χ3v) is 7.47. The first-order valence-electron chi connectivity index (χ1n) is 9.61. The quantitative estimate of drug-likeness (QED) is 0.199. The lowest BCUT2D eigenvalue weighted by Gasteiger charge is -2.24. The van der Waals surface area contributed by atoms with Crippen LogP contribution < -0.4 is 0 Å². The lowest BCUT2D eigenvalue weighted by molar-refractivity contribution is 0.0128. The van der Waals surface area contributed by atoms with Crippen molar-refractivity contribution in [1.82, 2.24) is 0 Å². The minimum atomic E-state index is -1.54. The zero-order valence-electron chi connectivity index (χ0n) is 17.0. The first-order valence-corrected chi connectivity index (χ1v) is 10.8. The van der Waals surface area contributed by atoms with Gasteiger partial charge in [0, 0.05) is 40.5 Å². The van der Waals surface area contributed by atoms with E-state index < -0.39 is 23.2 Å². The highest BCUT2D eigenvalue weighted by molar-refractivity contribution is 7.45. The van der Waals surface area contributed by atoms with Gasteiger partial charge in [-0.25, -0.2) is 13.6 Å². The van der Waals surface area contributed by atoms with Crippen molar-refractivity contribution in [3.8, 4) is 17.2 Å². The first kappa shape index (κ1) is 20.8. The summed E-state index contributed by atoms with van der Waals surface area (Å²) >= 11 is 0. The molecule has 2 atom stereocenters.